The highest BCUT2D eigenvalue weighted by atomic mass is 16.1. The third kappa shape index (κ3) is 4.64. The SMILES string of the molecule is CCC(CC)CNC(=O)C(C)C(C)C. The Labute approximate surface area is 88.5 Å². The van der Waals surface area contributed by atoms with Gasteiger partial charge in [0.2, 0.25) is 5.91 Å². The Morgan fingerprint density at radius 1 is 1.14 bits per heavy atom. The van der Waals surface area contributed by atoms with Gasteiger partial charge in [-0.25, -0.2) is 0 Å². The zero-order valence-corrected chi connectivity index (χ0v) is 10.3. The van der Waals surface area contributed by atoms with Crippen LogP contribution in [0, 0.1) is 17.8 Å². The summed E-state index contributed by atoms with van der Waals surface area (Å²) in [6.45, 7) is 11.3. The third-order valence-electron chi connectivity index (χ3n) is 3.13. The average molecular weight is 199 g/mol. The fourth-order valence-corrected chi connectivity index (χ4v) is 1.29. The fraction of sp³-hybridized carbons (Fsp3) is 0.917. The van der Waals surface area contributed by atoms with E-state index >= 15 is 0 Å². The summed E-state index contributed by atoms with van der Waals surface area (Å²) >= 11 is 0. The van der Waals surface area contributed by atoms with E-state index in [4.69, 9.17) is 0 Å². The van der Waals surface area contributed by atoms with Crippen molar-refractivity contribution in [1.29, 1.82) is 0 Å². The summed E-state index contributed by atoms with van der Waals surface area (Å²) in [4.78, 5) is 11.6. The minimum absolute atomic E-state index is 0.129. The van der Waals surface area contributed by atoms with E-state index in [1.54, 1.807) is 0 Å². The predicted molar refractivity (Wildman–Crippen MR) is 61.1 cm³/mol. The molecule has 0 saturated heterocycles. The van der Waals surface area contributed by atoms with Crippen molar-refractivity contribution in [1.82, 2.24) is 5.32 Å². The standard InChI is InChI=1S/C12H25NO/c1-6-11(7-2)8-13-12(14)10(5)9(3)4/h9-11H,6-8H2,1-5H3,(H,13,14). The van der Waals surface area contributed by atoms with Crippen LogP contribution >= 0.6 is 0 Å². The van der Waals surface area contributed by atoms with Gasteiger partial charge in [0, 0.05) is 12.5 Å². The molecule has 1 unspecified atom stereocenters. The van der Waals surface area contributed by atoms with Gasteiger partial charge in [0.1, 0.15) is 0 Å². The summed E-state index contributed by atoms with van der Waals surface area (Å²) in [6, 6.07) is 0. The smallest absolute Gasteiger partial charge is 0.223 e. The van der Waals surface area contributed by atoms with Gasteiger partial charge in [0.25, 0.3) is 0 Å². The van der Waals surface area contributed by atoms with Gasteiger partial charge in [0.15, 0.2) is 0 Å². The van der Waals surface area contributed by atoms with E-state index in [-0.39, 0.29) is 11.8 Å². The van der Waals surface area contributed by atoms with Gasteiger partial charge < -0.3 is 5.32 Å². The first kappa shape index (κ1) is 13.5. The van der Waals surface area contributed by atoms with Crippen LogP contribution in [-0.4, -0.2) is 12.5 Å². The lowest BCUT2D eigenvalue weighted by atomic mass is 9.96. The van der Waals surface area contributed by atoms with Gasteiger partial charge in [-0.3, -0.25) is 4.79 Å². The Kier molecular flexibility index (Phi) is 6.60. The molecule has 0 spiro atoms. The van der Waals surface area contributed by atoms with E-state index in [2.05, 4.69) is 33.0 Å². The van der Waals surface area contributed by atoms with Crippen LogP contribution in [0.25, 0.3) is 0 Å². The van der Waals surface area contributed by atoms with E-state index in [0.717, 1.165) is 19.4 Å². The fourth-order valence-electron chi connectivity index (χ4n) is 1.29. The molecular formula is C12H25NO. The number of amides is 1. The average Bonchev–Trinajstić information content (AvgIpc) is 2.17. The molecule has 0 rings (SSSR count). The third-order valence-corrected chi connectivity index (χ3v) is 3.13. The maximum absolute atomic E-state index is 11.6. The molecule has 1 atom stereocenters. The molecule has 0 heterocycles. The summed E-state index contributed by atoms with van der Waals surface area (Å²) in [5.41, 5.74) is 0. The molecule has 1 amide bonds. The monoisotopic (exact) mass is 199 g/mol. The largest absolute Gasteiger partial charge is 0.356 e. The molecule has 0 fully saturated rings. The van der Waals surface area contributed by atoms with Gasteiger partial charge in [-0.2, -0.15) is 0 Å². The van der Waals surface area contributed by atoms with Crippen LogP contribution in [0.5, 0.6) is 0 Å². The molecule has 2 nitrogen and oxygen atoms in total. The van der Waals surface area contributed by atoms with Gasteiger partial charge in [-0.15, -0.1) is 0 Å². The molecule has 0 aliphatic heterocycles. The lowest BCUT2D eigenvalue weighted by molar-refractivity contribution is -0.125. The minimum Gasteiger partial charge on any atom is -0.356 e. The highest BCUT2D eigenvalue weighted by Crippen LogP contribution is 2.10. The number of rotatable bonds is 6. The molecule has 0 radical (unpaired) electrons. The quantitative estimate of drug-likeness (QED) is 0.700. The van der Waals surface area contributed by atoms with Crippen LogP contribution in [0.1, 0.15) is 47.5 Å². The zero-order valence-electron chi connectivity index (χ0n) is 10.3. The molecule has 0 aromatic heterocycles. The maximum atomic E-state index is 11.6. The summed E-state index contributed by atoms with van der Waals surface area (Å²) in [7, 11) is 0. The summed E-state index contributed by atoms with van der Waals surface area (Å²) in [6.07, 6.45) is 2.29. The molecule has 0 aromatic rings. The number of carbonyl (C=O) groups excluding carboxylic acids is 1. The van der Waals surface area contributed by atoms with Crippen LogP contribution in [0.15, 0.2) is 0 Å². The molecule has 0 saturated carbocycles. The topological polar surface area (TPSA) is 29.1 Å². The second kappa shape index (κ2) is 6.86. The Morgan fingerprint density at radius 2 is 1.64 bits per heavy atom. The Morgan fingerprint density at radius 3 is 2.00 bits per heavy atom. The van der Waals surface area contributed by atoms with Crippen molar-refractivity contribution in [3.8, 4) is 0 Å². The molecule has 0 bridgehead atoms. The lowest BCUT2D eigenvalue weighted by Gasteiger charge is -2.18. The molecule has 1 N–H and O–H groups in total. The minimum atomic E-state index is 0.129. The van der Waals surface area contributed by atoms with Crippen molar-refractivity contribution in [2.45, 2.75) is 47.5 Å². The Hall–Kier alpha value is -0.530. The highest BCUT2D eigenvalue weighted by molar-refractivity contribution is 5.78. The number of nitrogens with one attached hydrogen (secondary N) is 1. The first-order valence-electron chi connectivity index (χ1n) is 5.80. The number of hydrogen-bond donors (Lipinski definition) is 1. The Balaban J connectivity index is 3.83. The van der Waals surface area contributed by atoms with Gasteiger partial charge in [0.05, 0.1) is 0 Å². The first-order valence-corrected chi connectivity index (χ1v) is 5.80. The van der Waals surface area contributed by atoms with Crippen molar-refractivity contribution in [2.75, 3.05) is 6.54 Å². The van der Waals surface area contributed by atoms with Gasteiger partial charge in [-0.1, -0.05) is 47.5 Å². The van der Waals surface area contributed by atoms with Crippen LogP contribution in [0.3, 0.4) is 0 Å². The van der Waals surface area contributed by atoms with Crippen LogP contribution in [-0.2, 0) is 4.79 Å². The molecule has 0 aliphatic carbocycles. The summed E-state index contributed by atoms with van der Waals surface area (Å²) in [5, 5.41) is 3.03. The highest BCUT2D eigenvalue weighted by Gasteiger charge is 2.16. The second-order valence-electron chi connectivity index (χ2n) is 4.46. The molecule has 14 heavy (non-hydrogen) atoms. The van der Waals surface area contributed by atoms with E-state index in [1.807, 2.05) is 6.92 Å². The van der Waals surface area contributed by atoms with Crippen molar-refractivity contribution >= 4 is 5.91 Å². The van der Waals surface area contributed by atoms with E-state index in [0.29, 0.717) is 11.8 Å². The summed E-state index contributed by atoms with van der Waals surface area (Å²) in [5.74, 6) is 1.39. The lowest BCUT2D eigenvalue weighted by Crippen LogP contribution is -2.35. The van der Waals surface area contributed by atoms with Crippen LogP contribution in [0.4, 0.5) is 0 Å². The van der Waals surface area contributed by atoms with Crippen molar-refractivity contribution in [3.63, 3.8) is 0 Å². The van der Waals surface area contributed by atoms with Crippen molar-refractivity contribution < 1.29 is 4.79 Å². The van der Waals surface area contributed by atoms with Crippen molar-refractivity contribution in [2.24, 2.45) is 17.8 Å². The van der Waals surface area contributed by atoms with E-state index in [1.165, 1.54) is 0 Å². The summed E-state index contributed by atoms with van der Waals surface area (Å²) < 4.78 is 0. The number of hydrogen-bond acceptors (Lipinski definition) is 1. The number of carbonyl (C=O) groups is 1. The maximum Gasteiger partial charge on any atom is 0.223 e. The molecule has 0 aromatic carbocycles. The van der Waals surface area contributed by atoms with Crippen molar-refractivity contribution in [3.05, 3.63) is 0 Å². The molecule has 0 aliphatic rings. The molecule has 2 heteroatoms. The van der Waals surface area contributed by atoms with Gasteiger partial charge in [-0.05, 0) is 11.8 Å². The second-order valence-corrected chi connectivity index (χ2v) is 4.46. The van der Waals surface area contributed by atoms with Gasteiger partial charge >= 0.3 is 0 Å². The van der Waals surface area contributed by atoms with Crippen LogP contribution in [0.2, 0.25) is 0 Å². The molecule has 84 valence electrons. The van der Waals surface area contributed by atoms with E-state index in [9.17, 15) is 4.79 Å². The Bertz CT molecular complexity index is 162. The van der Waals surface area contributed by atoms with E-state index < -0.39 is 0 Å². The molecular weight excluding hydrogens is 174 g/mol. The normalized spacial score (nSPS) is 13.4. The predicted octanol–water partition coefficient (Wildman–Crippen LogP) is 2.83. The zero-order chi connectivity index (χ0) is 11.1. The first-order chi connectivity index (χ1) is 6.52. The van der Waals surface area contributed by atoms with Crippen LogP contribution < -0.4 is 5.32 Å².